The van der Waals surface area contributed by atoms with E-state index in [1.165, 1.54) is 29.7 Å². The average Bonchev–Trinajstić information content (AvgIpc) is 3.42. The fraction of sp³-hybridized carbons (Fsp3) is 0.455. The van der Waals surface area contributed by atoms with Crippen molar-refractivity contribution in [3.63, 3.8) is 0 Å². The van der Waals surface area contributed by atoms with Crippen LogP contribution >= 0.6 is 0 Å². The third-order valence-corrected chi connectivity index (χ3v) is 5.96. The van der Waals surface area contributed by atoms with Gasteiger partial charge in [0.2, 0.25) is 0 Å². The third-order valence-electron chi connectivity index (χ3n) is 5.96. The molecular formula is C22H28N4O2. The molecule has 2 aliphatic rings. The topological polar surface area (TPSA) is 73.6 Å². The van der Waals surface area contributed by atoms with Gasteiger partial charge in [-0.2, -0.15) is 5.10 Å². The average molecular weight is 380 g/mol. The molecule has 0 aromatic carbocycles. The summed E-state index contributed by atoms with van der Waals surface area (Å²) < 4.78 is 5.48. The standard InChI is InChI=1S/C22H28N4O2/c1-4-26(5-2)14(3)20-15-9-6-7-10-17(15)23-18(20)13-16-21(24-25-22(16)27)19-11-8-12-28-19/h8,11-14,23H,4-7,9-10H2,1-3H3,(H,25,27)/b16-13+. The number of furan rings is 1. The maximum atomic E-state index is 12.5. The van der Waals surface area contributed by atoms with Crippen LogP contribution in [-0.2, 0) is 17.6 Å². The van der Waals surface area contributed by atoms with E-state index in [-0.39, 0.29) is 11.9 Å². The van der Waals surface area contributed by atoms with E-state index in [1.54, 1.807) is 12.3 Å². The van der Waals surface area contributed by atoms with Crippen LogP contribution in [-0.4, -0.2) is 34.6 Å². The highest BCUT2D eigenvalue weighted by atomic mass is 16.3. The van der Waals surface area contributed by atoms with Crippen LogP contribution in [0.25, 0.3) is 6.08 Å². The summed E-state index contributed by atoms with van der Waals surface area (Å²) in [5, 5.41) is 4.19. The first-order valence-electron chi connectivity index (χ1n) is 10.3. The van der Waals surface area contributed by atoms with Crippen LogP contribution in [0, 0.1) is 0 Å². The molecule has 1 aliphatic heterocycles. The zero-order valence-corrected chi connectivity index (χ0v) is 16.8. The number of aromatic nitrogens is 1. The van der Waals surface area contributed by atoms with E-state index in [1.807, 2.05) is 12.1 Å². The molecule has 0 radical (unpaired) electrons. The van der Waals surface area contributed by atoms with Crippen LogP contribution in [0.5, 0.6) is 0 Å². The van der Waals surface area contributed by atoms with Gasteiger partial charge < -0.3 is 9.40 Å². The Kier molecular flexibility index (Phi) is 5.22. The first kappa shape index (κ1) is 18.7. The number of hydrogen-bond donors (Lipinski definition) is 2. The van der Waals surface area contributed by atoms with Crippen molar-refractivity contribution in [1.29, 1.82) is 0 Å². The molecule has 0 spiro atoms. The maximum absolute atomic E-state index is 12.5. The predicted octanol–water partition coefficient (Wildman–Crippen LogP) is 3.81. The molecule has 1 aliphatic carbocycles. The van der Waals surface area contributed by atoms with Crippen molar-refractivity contribution in [2.45, 2.75) is 52.5 Å². The van der Waals surface area contributed by atoms with Gasteiger partial charge in [-0.05, 0) is 75.0 Å². The number of H-pyrrole nitrogens is 1. The maximum Gasteiger partial charge on any atom is 0.273 e. The first-order valence-corrected chi connectivity index (χ1v) is 10.3. The van der Waals surface area contributed by atoms with E-state index < -0.39 is 0 Å². The SMILES string of the molecule is CCN(CC)C(C)c1c(/C=C2/C(=O)NN=C2c2ccco2)[nH]c2c1CCCC2. The minimum Gasteiger partial charge on any atom is -0.463 e. The van der Waals surface area contributed by atoms with E-state index in [4.69, 9.17) is 4.42 Å². The Morgan fingerprint density at radius 3 is 2.79 bits per heavy atom. The van der Waals surface area contributed by atoms with E-state index in [0.29, 0.717) is 17.0 Å². The third kappa shape index (κ3) is 3.22. The zero-order chi connectivity index (χ0) is 19.7. The van der Waals surface area contributed by atoms with Gasteiger partial charge >= 0.3 is 0 Å². The summed E-state index contributed by atoms with van der Waals surface area (Å²) in [6, 6.07) is 3.92. The lowest BCUT2D eigenvalue weighted by molar-refractivity contribution is -0.116. The van der Waals surface area contributed by atoms with E-state index in [9.17, 15) is 4.79 Å². The predicted molar refractivity (Wildman–Crippen MR) is 110 cm³/mol. The Morgan fingerprint density at radius 1 is 1.29 bits per heavy atom. The van der Waals surface area contributed by atoms with Gasteiger partial charge in [0.15, 0.2) is 5.76 Å². The Hall–Kier alpha value is -2.60. The fourth-order valence-electron chi connectivity index (χ4n) is 4.49. The van der Waals surface area contributed by atoms with E-state index in [2.05, 4.69) is 41.2 Å². The van der Waals surface area contributed by atoms with Crippen molar-refractivity contribution in [3.05, 3.63) is 52.2 Å². The number of amides is 1. The van der Waals surface area contributed by atoms with Gasteiger partial charge in [-0.15, -0.1) is 0 Å². The smallest absolute Gasteiger partial charge is 0.273 e. The van der Waals surface area contributed by atoms with Crippen molar-refractivity contribution >= 4 is 17.7 Å². The summed E-state index contributed by atoms with van der Waals surface area (Å²) >= 11 is 0. The molecule has 4 rings (SSSR count). The Balaban J connectivity index is 1.81. The molecule has 148 valence electrons. The number of carbonyl (C=O) groups excluding carboxylic acids is 1. The molecule has 0 bridgehead atoms. The van der Waals surface area contributed by atoms with Gasteiger partial charge in [-0.3, -0.25) is 9.69 Å². The van der Waals surface area contributed by atoms with Gasteiger partial charge in [0.1, 0.15) is 5.71 Å². The van der Waals surface area contributed by atoms with Crippen LogP contribution < -0.4 is 5.43 Å². The van der Waals surface area contributed by atoms with Crippen molar-refractivity contribution < 1.29 is 9.21 Å². The van der Waals surface area contributed by atoms with E-state index >= 15 is 0 Å². The lowest BCUT2D eigenvalue weighted by Crippen LogP contribution is -2.27. The minimum absolute atomic E-state index is 0.194. The number of aromatic amines is 1. The minimum atomic E-state index is -0.194. The highest BCUT2D eigenvalue weighted by Crippen LogP contribution is 2.35. The molecule has 1 atom stereocenters. The molecule has 2 N–H and O–H groups in total. The molecule has 6 heteroatoms. The Bertz CT molecular complexity index is 917. The van der Waals surface area contributed by atoms with Crippen LogP contribution in [0.15, 0.2) is 33.5 Å². The highest BCUT2D eigenvalue weighted by molar-refractivity contribution is 6.32. The highest BCUT2D eigenvalue weighted by Gasteiger charge is 2.29. The lowest BCUT2D eigenvalue weighted by Gasteiger charge is -2.28. The number of nitrogens with one attached hydrogen (secondary N) is 2. The van der Waals surface area contributed by atoms with Crippen LogP contribution in [0.4, 0.5) is 0 Å². The number of hydrogen-bond acceptors (Lipinski definition) is 4. The number of fused-ring (bicyclic) bond motifs is 1. The molecule has 2 aromatic heterocycles. The second kappa shape index (κ2) is 7.80. The van der Waals surface area contributed by atoms with Crippen molar-refractivity contribution in [2.75, 3.05) is 13.1 Å². The molecule has 0 saturated carbocycles. The van der Waals surface area contributed by atoms with Gasteiger partial charge in [-0.1, -0.05) is 13.8 Å². The van der Waals surface area contributed by atoms with Crippen molar-refractivity contribution in [1.82, 2.24) is 15.3 Å². The summed E-state index contributed by atoms with van der Waals surface area (Å²) in [7, 11) is 0. The molecule has 1 amide bonds. The zero-order valence-electron chi connectivity index (χ0n) is 16.8. The normalized spacial score (nSPS) is 19.1. The largest absolute Gasteiger partial charge is 0.463 e. The van der Waals surface area contributed by atoms with Crippen molar-refractivity contribution in [2.24, 2.45) is 5.10 Å². The molecule has 0 fully saturated rings. The molecule has 6 nitrogen and oxygen atoms in total. The van der Waals surface area contributed by atoms with Crippen LogP contribution in [0.3, 0.4) is 0 Å². The quantitative estimate of drug-likeness (QED) is 0.749. The summed E-state index contributed by atoms with van der Waals surface area (Å²) in [5.41, 5.74) is 8.79. The second-order valence-electron chi connectivity index (χ2n) is 7.45. The molecule has 0 saturated heterocycles. The van der Waals surface area contributed by atoms with Crippen LogP contribution in [0.2, 0.25) is 0 Å². The fourth-order valence-corrected chi connectivity index (χ4v) is 4.49. The molecular weight excluding hydrogens is 352 g/mol. The molecule has 2 aromatic rings. The van der Waals surface area contributed by atoms with Gasteiger partial charge in [0, 0.05) is 17.4 Å². The number of carbonyl (C=O) groups is 1. The van der Waals surface area contributed by atoms with Gasteiger partial charge in [-0.25, -0.2) is 5.43 Å². The molecule has 1 unspecified atom stereocenters. The summed E-state index contributed by atoms with van der Waals surface area (Å²) in [6.45, 7) is 8.65. The number of aryl methyl sites for hydroxylation is 1. The summed E-state index contributed by atoms with van der Waals surface area (Å²) in [5.74, 6) is 0.402. The Labute approximate surface area is 165 Å². The van der Waals surface area contributed by atoms with Gasteiger partial charge in [0.05, 0.1) is 11.8 Å². The number of hydrazone groups is 1. The summed E-state index contributed by atoms with van der Waals surface area (Å²) in [6.07, 6.45) is 8.15. The first-order chi connectivity index (χ1) is 13.6. The number of rotatable bonds is 6. The second-order valence-corrected chi connectivity index (χ2v) is 7.45. The Morgan fingerprint density at radius 2 is 2.07 bits per heavy atom. The van der Waals surface area contributed by atoms with Crippen molar-refractivity contribution in [3.8, 4) is 0 Å². The number of nitrogens with zero attached hydrogens (tertiary/aromatic N) is 2. The van der Waals surface area contributed by atoms with E-state index in [0.717, 1.165) is 31.6 Å². The van der Waals surface area contributed by atoms with Gasteiger partial charge in [0.25, 0.3) is 5.91 Å². The molecule has 3 heterocycles. The molecule has 28 heavy (non-hydrogen) atoms. The lowest BCUT2D eigenvalue weighted by atomic mass is 9.90. The van der Waals surface area contributed by atoms with Crippen LogP contribution in [0.1, 0.15) is 67.9 Å². The monoisotopic (exact) mass is 380 g/mol. The summed E-state index contributed by atoms with van der Waals surface area (Å²) in [4.78, 5) is 18.6.